The van der Waals surface area contributed by atoms with Gasteiger partial charge in [0.15, 0.2) is 6.10 Å². The summed E-state index contributed by atoms with van der Waals surface area (Å²) in [7, 11) is 0. The minimum Gasteiger partial charge on any atom is -0.449 e. The fraction of sp³-hybridized carbons (Fsp3) is 0.111. The number of halogens is 1. The number of para-hydroxylation sites is 1. The Morgan fingerprint density at radius 2 is 1.87 bits per heavy atom. The molecule has 1 amide bonds. The van der Waals surface area contributed by atoms with Crippen molar-refractivity contribution in [1.82, 2.24) is 0 Å². The van der Waals surface area contributed by atoms with Crippen LogP contribution in [0.3, 0.4) is 0 Å². The molecule has 1 N–H and O–H groups in total. The Morgan fingerprint density at radius 3 is 2.57 bits per heavy atom. The average Bonchev–Trinajstić information content (AvgIpc) is 2.54. The zero-order valence-electron chi connectivity index (χ0n) is 12.5. The number of hydrogen-bond acceptors (Lipinski definition) is 3. The Balaban J connectivity index is 1.88. The fourth-order valence-electron chi connectivity index (χ4n) is 1.81. The number of anilines is 1. The van der Waals surface area contributed by atoms with E-state index in [1.807, 2.05) is 6.07 Å². The van der Waals surface area contributed by atoms with Crippen LogP contribution in [0.5, 0.6) is 0 Å². The predicted molar refractivity (Wildman–Crippen MR) is 91.1 cm³/mol. The van der Waals surface area contributed by atoms with Gasteiger partial charge in [0.1, 0.15) is 0 Å². The van der Waals surface area contributed by atoms with Gasteiger partial charge in [-0.3, -0.25) is 4.79 Å². The smallest absolute Gasteiger partial charge is 0.331 e. The molecule has 23 heavy (non-hydrogen) atoms. The van der Waals surface area contributed by atoms with Crippen LogP contribution in [-0.2, 0) is 14.3 Å². The molecule has 118 valence electrons. The van der Waals surface area contributed by atoms with Crippen molar-refractivity contribution < 1.29 is 14.3 Å². The van der Waals surface area contributed by atoms with Gasteiger partial charge in [0, 0.05) is 16.8 Å². The monoisotopic (exact) mass is 329 g/mol. The van der Waals surface area contributed by atoms with Crippen molar-refractivity contribution in [2.45, 2.75) is 13.0 Å². The van der Waals surface area contributed by atoms with Crippen LogP contribution in [0.2, 0.25) is 5.02 Å². The maximum atomic E-state index is 11.9. The van der Waals surface area contributed by atoms with E-state index in [0.29, 0.717) is 10.7 Å². The number of ether oxygens (including phenoxy) is 1. The summed E-state index contributed by atoms with van der Waals surface area (Å²) in [6, 6.07) is 16.0. The first-order chi connectivity index (χ1) is 11.0. The standard InChI is InChI=1S/C18H16ClNO3/c1-13(18(22)20-16-8-3-2-4-9-16)23-17(21)11-10-14-6-5-7-15(19)12-14/h2-13H,1H3,(H,20,22)/b11-10+/t13-/m0/s1. The molecule has 0 aliphatic carbocycles. The summed E-state index contributed by atoms with van der Waals surface area (Å²) in [5.41, 5.74) is 1.42. The molecule has 0 unspecified atom stereocenters. The predicted octanol–water partition coefficient (Wildman–Crippen LogP) is 3.92. The SMILES string of the molecule is C[C@H](OC(=O)/C=C/c1cccc(Cl)c1)C(=O)Nc1ccccc1. The Labute approximate surface area is 139 Å². The van der Waals surface area contributed by atoms with Gasteiger partial charge in [-0.2, -0.15) is 0 Å². The largest absolute Gasteiger partial charge is 0.449 e. The van der Waals surface area contributed by atoms with E-state index < -0.39 is 12.1 Å². The molecular formula is C18H16ClNO3. The molecular weight excluding hydrogens is 314 g/mol. The lowest BCUT2D eigenvalue weighted by molar-refractivity contribution is -0.148. The average molecular weight is 330 g/mol. The fourth-order valence-corrected chi connectivity index (χ4v) is 2.01. The van der Waals surface area contributed by atoms with Gasteiger partial charge in [0.05, 0.1) is 0 Å². The second-order valence-corrected chi connectivity index (χ2v) is 5.26. The quantitative estimate of drug-likeness (QED) is 0.668. The molecule has 0 fully saturated rings. The lowest BCUT2D eigenvalue weighted by Crippen LogP contribution is -2.29. The first-order valence-electron chi connectivity index (χ1n) is 7.05. The first-order valence-corrected chi connectivity index (χ1v) is 7.42. The van der Waals surface area contributed by atoms with Crippen molar-refractivity contribution in [3.05, 3.63) is 71.3 Å². The highest BCUT2D eigenvalue weighted by molar-refractivity contribution is 6.30. The molecule has 0 heterocycles. The number of rotatable bonds is 5. The van der Waals surface area contributed by atoms with E-state index >= 15 is 0 Å². The molecule has 0 spiro atoms. The number of esters is 1. The molecule has 2 aromatic rings. The molecule has 5 heteroatoms. The molecule has 1 atom stereocenters. The number of nitrogens with one attached hydrogen (secondary N) is 1. The van der Waals surface area contributed by atoms with E-state index in [0.717, 1.165) is 5.56 Å². The summed E-state index contributed by atoms with van der Waals surface area (Å²) < 4.78 is 5.07. The van der Waals surface area contributed by atoms with Gasteiger partial charge in [-0.05, 0) is 42.8 Å². The highest BCUT2D eigenvalue weighted by Gasteiger charge is 2.16. The van der Waals surface area contributed by atoms with Crippen LogP contribution < -0.4 is 5.32 Å². The summed E-state index contributed by atoms with van der Waals surface area (Å²) in [6.45, 7) is 1.52. The van der Waals surface area contributed by atoms with Crippen LogP contribution in [0.25, 0.3) is 6.08 Å². The normalized spacial score (nSPS) is 11.9. The minimum atomic E-state index is -0.897. The van der Waals surface area contributed by atoms with Crippen LogP contribution in [-0.4, -0.2) is 18.0 Å². The molecule has 0 saturated carbocycles. The van der Waals surface area contributed by atoms with Gasteiger partial charge < -0.3 is 10.1 Å². The molecule has 4 nitrogen and oxygen atoms in total. The van der Waals surface area contributed by atoms with Crippen molar-refractivity contribution in [2.75, 3.05) is 5.32 Å². The van der Waals surface area contributed by atoms with Crippen LogP contribution in [0.1, 0.15) is 12.5 Å². The molecule has 0 bridgehead atoms. The van der Waals surface area contributed by atoms with Crippen molar-refractivity contribution in [1.29, 1.82) is 0 Å². The van der Waals surface area contributed by atoms with Gasteiger partial charge in [-0.15, -0.1) is 0 Å². The van der Waals surface area contributed by atoms with Crippen LogP contribution in [0.15, 0.2) is 60.7 Å². The van der Waals surface area contributed by atoms with E-state index in [-0.39, 0.29) is 5.91 Å². The van der Waals surface area contributed by atoms with E-state index in [4.69, 9.17) is 16.3 Å². The molecule has 0 saturated heterocycles. The van der Waals surface area contributed by atoms with Crippen LogP contribution >= 0.6 is 11.6 Å². The summed E-state index contributed by atoms with van der Waals surface area (Å²) in [5.74, 6) is -0.985. The number of carbonyl (C=O) groups is 2. The summed E-state index contributed by atoms with van der Waals surface area (Å²) in [4.78, 5) is 23.7. The zero-order valence-corrected chi connectivity index (χ0v) is 13.3. The third-order valence-electron chi connectivity index (χ3n) is 2.96. The van der Waals surface area contributed by atoms with E-state index in [2.05, 4.69) is 5.32 Å². The third-order valence-corrected chi connectivity index (χ3v) is 3.20. The van der Waals surface area contributed by atoms with Crippen molar-refractivity contribution in [2.24, 2.45) is 0 Å². The molecule has 0 aliphatic heterocycles. The molecule has 2 rings (SSSR count). The molecule has 0 aliphatic rings. The second kappa shape index (κ2) is 8.15. The number of hydrogen-bond donors (Lipinski definition) is 1. The Kier molecular flexibility index (Phi) is 5.94. The van der Waals surface area contributed by atoms with Crippen LogP contribution in [0.4, 0.5) is 5.69 Å². The van der Waals surface area contributed by atoms with Crippen molar-refractivity contribution >= 4 is 35.2 Å². The number of amides is 1. The Bertz CT molecular complexity index is 713. The maximum absolute atomic E-state index is 11.9. The molecule has 0 radical (unpaired) electrons. The minimum absolute atomic E-state index is 0.388. The van der Waals surface area contributed by atoms with Crippen LogP contribution in [0, 0.1) is 0 Å². The second-order valence-electron chi connectivity index (χ2n) is 4.82. The highest BCUT2D eigenvalue weighted by Crippen LogP contribution is 2.12. The third kappa shape index (κ3) is 5.60. The Hall–Kier alpha value is -2.59. The highest BCUT2D eigenvalue weighted by atomic mass is 35.5. The topological polar surface area (TPSA) is 55.4 Å². The number of carbonyl (C=O) groups excluding carboxylic acids is 2. The van der Waals surface area contributed by atoms with Gasteiger partial charge in [-0.1, -0.05) is 41.9 Å². The molecule has 0 aromatic heterocycles. The number of benzene rings is 2. The summed E-state index contributed by atoms with van der Waals surface area (Å²) in [5, 5.41) is 3.25. The van der Waals surface area contributed by atoms with Gasteiger partial charge in [0.2, 0.25) is 0 Å². The summed E-state index contributed by atoms with van der Waals surface area (Å²) >= 11 is 5.86. The van der Waals surface area contributed by atoms with Gasteiger partial charge in [0.25, 0.3) is 5.91 Å². The van der Waals surface area contributed by atoms with Gasteiger partial charge in [-0.25, -0.2) is 4.79 Å². The molecule has 2 aromatic carbocycles. The van der Waals surface area contributed by atoms with Crippen molar-refractivity contribution in [3.63, 3.8) is 0 Å². The van der Waals surface area contributed by atoms with Crippen molar-refractivity contribution in [3.8, 4) is 0 Å². The van der Waals surface area contributed by atoms with E-state index in [1.54, 1.807) is 54.6 Å². The Morgan fingerprint density at radius 1 is 1.13 bits per heavy atom. The lowest BCUT2D eigenvalue weighted by atomic mass is 10.2. The van der Waals surface area contributed by atoms with E-state index in [9.17, 15) is 9.59 Å². The zero-order chi connectivity index (χ0) is 16.7. The lowest BCUT2D eigenvalue weighted by Gasteiger charge is -2.12. The first kappa shape index (κ1) is 16.8. The van der Waals surface area contributed by atoms with E-state index in [1.165, 1.54) is 13.0 Å². The maximum Gasteiger partial charge on any atom is 0.331 e. The van der Waals surface area contributed by atoms with Gasteiger partial charge >= 0.3 is 5.97 Å². The summed E-state index contributed by atoms with van der Waals surface area (Å²) in [6.07, 6.45) is 1.94.